The zero-order chi connectivity index (χ0) is 29.9. The third-order valence-electron chi connectivity index (χ3n) is 9.30. The molecule has 7 atom stereocenters. The van der Waals surface area contributed by atoms with Crippen LogP contribution in [-0.4, -0.2) is 98.7 Å². The molecule has 3 amide bonds. The molecule has 11 heteroatoms. The zero-order valence-electron chi connectivity index (χ0n) is 24.9. The van der Waals surface area contributed by atoms with Gasteiger partial charge >= 0.3 is 0 Å². The molecule has 4 fully saturated rings. The minimum atomic E-state index is -0.952. The lowest BCUT2D eigenvalue weighted by Crippen LogP contribution is -2.57. The van der Waals surface area contributed by atoms with Gasteiger partial charge in [-0.25, -0.2) is 0 Å². The first-order valence-electron chi connectivity index (χ1n) is 15.2. The van der Waals surface area contributed by atoms with Crippen LogP contribution < -0.4 is 20.7 Å². The lowest BCUT2D eigenvalue weighted by Gasteiger charge is -2.27. The Morgan fingerprint density at radius 1 is 1.00 bits per heavy atom. The molecular weight excluding hydrogens is 540 g/mol. The van der Waals surface area contributed by atoms with Gasteiger partial charge in [0.1, 0.15) is 23.4 Å². The van der Waals surface area contributed by atoms with Crippen molar-refractivity contribution in [3.05, 3.63) is 29.8 Å². The van der Waals surface area contributed by atoms with E-state index in [4.69, 9.17) is 14.2 Å². The molecule has 0 radical (unpaired) electrons. The molecule has 1 aromatic carbocycles. The average molecular weight is 585 g/mol. The second-order valence-corrected chi connectivity index (χ2v) is 12.4. The number of Topliss-reactive ketones (excluding diaryl/α,β-unsaturated/α-hetero) is 1. The molecule has 1 aromatic rings. The highest BCUT2D eigenvalue weighted by Crippen LogP contribution is 2.59. The summed E-state index contributed by atoms with van der Waals surface area (Å²) in [7, 11) is 1.58. The lowest BCUT2D eigenvalue weighted by atomic mass is 9.93. The summed E-state index contributed by atoms with van der Waals surface area (Å²) in [5, 5.41) is 8.57. The van der Waals surface area contributed by atoms with Gasteiger partial charge in [-0.3, -0.25) is 24.1 Å². The summed E-state index contributed by atoms with van der Waals surface area (Å²) in [6.45, 7) is 6.34. The molecule has 2 heterocycles. The highest BCUT2D eigenvalue weighted by atomic mass is 16.6. The van der Waals surface area contributed by atoms with Gasteiger partial charge in [-0.05, 0) is 68.6 Å². The van der Waals surface area contributed by atoms with E-state index >= 15 is 0 Å². The van der Waals surface area contributed by atoms with Gasteiger partial charge in [0.2, 0.25) is 17.7 Å². The van der Waals surface area contributed by atoms with E-state index in [-0.39, 0.29) is 24.7 Å². The van der Waals surface area contributed by atoms with Gasteiger partial charge in [0.15, 0.2) is 5.78 Å². The van der Waals surface area contributed by atoms with Crippen LogP contribution in [0, 0.1) is 17.8 Å². The second kappa shape index (κ2) is 13.1. The zero-order valence-corrected chi connectivity index (χ0v) is 24.9. The maximum absolute atomic E-state index is 13.8. The third-order valence-corrected chi connectivity index (χ3v) is 9.30. The predicted molar refractivity (Wildman–Crippen MR) is 154 cm³/mol. The number of methoxy groups -OCH3 is 1. The van der Waals surface area contributed by atoms with Crippen molar-refractivity contribution in [1.82, 2.24) is 20.9 Å². The van der Waals surface area contributed by atoms with Crippen LogP contribution >= 0.6 is 0 Å². The van der Waals surface area contributed by atoms with Gasteiger partial charge < -0.3 is 30.2 Å². The van der Waals surface area contributed by atoms with E-state index in [1.165, 1.54) is 19.3 Å². The molecule has 2 saturated heterocycles. The van der Waals surface area contributed by atoms with Crippen LogP contribution in [0.1, 0.15) is 45.1 Å². The predicted octanol–water partition coefficient (Wildman–Crippen LogP) is 0.838. The molecule has 42 heavy (non-hydrogen) atoms. The van der Waals surface area contributed by atoms with Crippen LogP contribution in [0.15, 0.2) is 24.3 Å². The smallest absolute Gasteiger partial charge is 0.243 e. The molecule has 4 aliphatic rings. The summed E-state index contributed by atoms with van der Waals surface area (Å²) in [6.07, 6.45) is 4.40. The van der Waals surface area contributed by atoms with E-state index in [0.717, 1.165) is 5.56 Å². The maximum Gasteiger partial charge on any atom is 0.243 e. The fourth-order valence-corrected chi connectivity index (χ4v) is 6.53. The molecular formula is C31H44N4O7. The number of epoxide rings is 1. The minimum Gasteiger partial charge on any atom is -0.497 e. The molecule has 2 aliphatic carbocycles. The standard InChI is InChI=1S/C31H44N4O7/c1-19(32-27(36)17-35-11-13-41-14-12-35)29(38)34-26(15-20-7-9-21(40-3)10-8-20)30(39)33-25(28(37)31(2)18-42-31)16-24-22-5-4-6-23(22)24/h7-10,19,22-26H,4-6,11-18H2,1-3H3,(H,32,36)(H,33,39)(H,34,38)/t19?,22-,23+,24?,25?,26?,31?. The number of ketones is 1. The number of nitrogens with one attached hydrogen (secondary N) is 3. The van der Waals surface area contributed by atoms with E-state index in [1.54, 1.807) is 33.1 Å². The molecule has 0 spiro atoms. The first-order chi connectivity index (χ1) is 20.2. The third kappa shape index (κ3) is 7.48. The van der Waals surface area contributed by atoms with Crippen LogP contribution in [0.25, 0.3) is 0 Å². The van der Waals surface area contributed by atoms with E-state index in [9.17, 15) is 19.2 Å². The van der Waals surface area contributed by atoms with E-state index in [0.29, 0.717) is 62.8 Å². The van der Waals surface area contributed by atoms with Crippen LogP contribution in [0.5, 0.6) is 5.75 Å². The Bertz CT molecular complexity index is 1140. The molecule has 11 nitrogen and oxygen atoms in total. The van der Waals surface area contributed by atoms with E-state index in [1.807, 2.05) is 17.0 Å². The number of nitrogens with zero attached hydrogens (tertiary/aromatic N) is 1. The molecule has 2 aliphatic heterocycles. The van der Waals surface area contributed by atoms with Crippen LogP contribution in [-0.2, 0) is 35.1 Å². The topological polar surface area (TPSA) is 139 Å². The molecule has 0 bridgehead atoms. The highest BCUT2D eigenvalue weighted by molar-refractivity contribution is 5.98. The Morgan fingerprint density at radius 3 is 2.26 bits per heavy atom. The number of morpholine rings is 1. The summed E-state index contributed by atoms with van der Waals surface area (Å²) in [5.41, 5.74) is -0.0481. The van der Waals surface area contributed by atoms with Gasteiger partial charge in [-0.2, -0.15) is 0 Å². The van der Waals surface area contributed by atoms with Crippen molar-refractivity contribution in [3.63, 3.8) is 0 Å². The first-order valence-corrected chi connectivity index (χ1v) is 15.2. The SMILES string of the molecule is COc1ccc(CC(NC(=O)C(C)NC(=O)CN2CCOCC2)C(=O)NC(CC2[C@H]3CCC[C@@H]23)C(=O)C2(C)CO2)cc1. The first kappa shape index (κ1) is 30.4. The summed E-state index contributed by atoms with van der Waals surface area (Å²) in [4.78, 5) is 55.0. The fourth-order valence-electron chi connectivity index (χ4n) is 6.53. The van der Waals surface area contributed by atoms with Crippen molar-refractivity contribution in [2.45, 2.75) is 69.7 Å². The number of carbonyl (C=O) groups excluding carboxylic acids is 4. The van der Waals surface area contributed by atoms with Crippen molar-refractivity contribution < 1.29 is 33.4 Å². The van der Waals surface area contributed by atoms with Crippen molar-refractivity contribution in [2.75, 3.05) is 46.6 Å². The Morgan fingerprint density at radius 2 is 1.64 bits per heavy atom. The number of hydrogen-bond acceptors (Lipinski definition) is 8. The Balaban J connectivity index is 1.25. The largest absolute Gasteiger partial charge is 0.497 e. The van der Waals surface area contributed by atoms with Gasteiger partial charge in [0, 0.05) is 19.5 Å². The molecule has 0 aromatic heterocycles. The van der Waals surface area contributed by atoms with Crippen molar-refractivity contribution in [2.24, 2.45) is 17.8 Å². The van der Waals surface area contributed by atoms with E-state index < -0.39 is 35.5 Å². The number of carbonyl (C=O) groups is 4. The minimum absolute atomic E-state index is 0.112. The number of rotatable bonds is 14. The normalized spacial score (nSPS) is 28.5. The Kier molecular flexibility index (Phi) is 9.49. The van der Waals surface area contributed by atoms with Crippen LogP contribution in [0.3, 0.4) is 0 Å². The molecule has 2 saturated carbocycles. The summed E-state index contributed by atoms with van der Waals surface area (Å²) in [6, 6.07) is 4.78. The van der Waals surface area contributed by atoms with Crippen LogP contribution in [0.4, 0.5) is 0 Å². The highest BCUT2D eigenvalue weighted by Gasteiger charge is 2.56. The maximum atomic E-state index is 13.8. The average Bonchev–Trinajstić information content (AvgIpc) is 3.83. The Labute approximate surface area is 247 Å². The van der Waals surface area contributed by atoms with E-state index in [2.05, 4.69) is 16.0 Å². The Hall–Kier alpha value is -3.02. The number of fused-ring (bicyclic) bond motifs is 1. The molecule has 230 valence electrons. The van der Waals surface area contributed by atoms with Gasteiger partial charge in [-0.1, -0.05) is 18.6 Å². The second-order valence-electron chi connectivity index (χ2n) is 12.4. The van der Waals surface area contributed by atoms with Crippen molar-refractivity contribution in [3.8, 4) is 5.75 Å². The van der Waals surface area contributed by atoms with Gasteiger partial charge in [0.05, 0.1) is 39.5 Å². The quantitative estimate of drug-likeness (QED) is 0.274. The molecule has 3 N–H and O–H groups in total. The number of amides is 3. The summed E-state index contributed by atoms with van der Waals surface area (Å²) < 4.78 is 16.0. The van der Waals surface area contributed by atoms with Crippen LogP contribution in [0.2, 0.25) is 0 Å². The van der Waals surface area contributed by atoms with Crippen molar-refractivity contribution >= 4 is 23.5 Å². The summed E-state index contributed by atoms with van der Waals surface area (Å²) >= 11 is 0. The number of ether oxygens (including phenoxy) is 3. The lowest BCUT2D eigenvalue weighted by molar-refractivity contribution is -0.134. The fraction of sp³-hybridized carbons (Fsp3) is 0.677. The number of benzene rings is 1. The monoisotopic (exact) mass is 584 g/mol. The molecule has 5 rings (SSSR count). The number of hydrogen-bond donors (Lipinski definition) is 3. The van der Waals surface area contributed by atoms with Crippen molar-refractivity contribution in [1.29, 1.82) is 0 Å². The van der Waals surface area contributed by atoms with Gasteiger partial charge in [-0.15, -0.1) is 0 Å². The molecule has 5 unspecified atom stereocenters. The summed E-state index contributed by atoms with van der Waals surface area (Å²) in [5.74, 6) is 1.11. The van der Waals surface area contributed by atoms with Gasteiger partial charge in [0.25, 0.3) is 0 Å².